The van der Waals surface area contributed by atoms with Crippen molar-refractivity contribution < 1.29 is 37.8 Å². The molecule has 19 heavy (non-hydrogen) atoms. The zero-order valence-electron chi connectivity index (χ0n) is 11.8. The average molecular weight is 384 g/mol. The van der Waals surface area contributed by atoms with Gasteiger partial charge in [0.15, 0.2) is 0 Å². The zero-order valence-corrected chi connectivity index (χ0v) is 14.3. The minimum absolute atomic E-state index is 0. The fourth-order valence-corrected chi connectivity index (χ4v) is 5.72. The SMILES string of the molecule is C[Si]1(CCCCO)CCC=CCC1.O=[N+]([O-])O.[Ag+].[CH3-]. The quantitative estimate of drug-likeness (QED) is 0.195. The summed E-state index contributed by atoms with van der Waals surface area (Å²) in [6, 6.07) is 4.36. The summed E-state index contributed by atoms with van der Waals surface area (Å²) in [6.07, 6.45) is 9.58. The number of allylic oxidation sites excluding steroid dienone is 2. The summed E-state index contributed by atoms with van der Waals surface area (Å²) in [5, 5.41) is 22.4. The van der Waals surface area contributed by atoms with Crippen LogP contribution in [0.5, 0.6) is 0 Å². The number of unbranched alkanes of at least 4 members (excludes halogenated alkanes) is 1. The molecule has 0 fully saturated rings. The topological polar surface area (TPSA) is 83.6 Å². The second-order valence-corrected chi connectivity index (χ2v) is 9.90. The molecular weight excluding hydrogens is 358 g/mol. The van der Waals surface area contributed by atoms with Gasteiger partial charge < -0.3 is 17.7 Å². The van der Waals surface area contributed by atoms with Gasteiger partial charge in [-0.2, -0.15) is 0 Å². The van der Waals surface area contributed by atoms with Crippen LogP contribution in [0.15, 0.2) is 12.2 Å². The molecule has 0 aliphatic carbocycles. The van der Waals surface area contributed by atoms with Gasteiger partial charge in [-0.05, 0) is 19.3 Å². The zero-order chi connectivity index (χ0) is 13.1. The van der Waals surface area contributed by atoms with Crippen molar-refractivity contribution in [3.8, 4) is 0 Å². The summed E-state index contributed by atoms with van der Waals surface area (Å²) < 4.78 is 0. The van der Waals surface area contributed by atoms with E-state index in [2.05, 4.69) is 18.7 Å². The predicted molar refractivity (Wildman–Crippen MR) is 75.9 cm³/mol. The molecule has 1 heterocycles. The van der Waals surface area contributed by atoms with Gasteiger partial charge >= 0.3 is 22.4 Å². The van der Waals surface area contributed by atoms with Gasteiger partial charge in [-0.15, -0.1) is 10.1 Å². The van der Waals surface area contributed by atoms with Crippen LogP contribution < -0.4 is 0 Å². The van der Waals surface area contributed by atoms with E-state index in [1.54, 1.807) is 0 Å². The number of hydrogen-bond donors (Lipinski definition) is 2. The minimum Gasteiger partial charge on any atom is -0.396 e. The van der Waals surface area contributed by atoms with Crippen LogP contribution in [-0.4, -0.2) is 30.1 Å². The summed E-state index contributed by atoms with van der Waals surface area (Å²) in [7, 11) is -0.898. The summed E-state index contributed by atoms with van der Waals surface area (Å²) in [6.45, 7) is 2.92. The Morgan fingerprint density at radius 2 is 1.68 bits per heavy atom. The van der Waals surface area contributed by atoms with Gasteiger partial charge in [-0.3, -0.25) is 0 Å². The van der Waals surface area contributed by atoms with Gasteiger partial charge in [-0.25, -0.2) is 0 Å². The van der Waals surface area contributed by atoms with Crippen LogP contribution in [0.25, 0.3) is 0 Å². The van der Waals surface area contributed by atoms with Crippen LogP contribution in [0.3, 0.4) is 0 Å². The molecule has 0 bridgehead atoms. The van der Waals surface area contributed by atoms with Gasteiger partial charge in [0.25, 0.3) is 5.09 Å². The molecule has 1 rings (SSSR count). The Labute approximate surface area is 132 Å². The molecule has 0 saturated carbocycles. The van der Waals surface area contributed by atoms with Crippen LogP contribution in [-0.2, 0) is 22.4 Å². The first-order chi connectivity index (χ1) is 8.00. The third kappa shape index (κ3) is 15.8. The average Bonchev–Trinajstić information content (AvgIpc) is 2.43. The molecule has 118 valence electrons. The molecule has 0 aromatic heterocycles. The molecular formula is C12H26AgNO4Si. The third-order valence-corrected chi connectivity index (χ3v) is 7.74. The first-order valence-corrected chi connectivity index (χ1v) is 9.21. The van der Waals surface area contributed by atoms with Gasteiger partial charge in [0.05, 0.1) is 8.07 Å². The molecule has 2 N–H and O–H groups in total. The van der Waals surface area contributed by atoms with E-state index in [1.807, 2.05) is 0 Å². The number of hydrogen-bond acceptors (Lipinski definition) is 3. The van der Waals surface area contributed by atoms with Gasteiger partial charge in [0.1, 0.15) is 0 Å². The number of aliphatic hydroxyl groups is 1. The molecule has 1 aliphatic heterocycles. The van der Waals surface area contributed by atoms with Crippen molar-refractivity contribution in [1.82, 2.24) is 0 Å². The maximum Gasteiger partial charge on any atom is 1.00 e. The molecule has 0 aromatic rings. The standard InChI is InChI=1S/C11H22OSi.CH3.Ag.HNO3/c1-13(11-7-4-8-12)9-5-2-3-6-10-13;;;2-1(3)4/h2-3,12H,4-11H2,1H3;1H3;;(H,2,3,4)/q;-1;+1;. The molecule has 0 unspecified atom stereocenters. The molecule has 0 amide bonds. The van der Waals surface area contributed by atoms with Crippen LogP contribution >= 0.6 is 0 Å². The maximum absolute atomic E-state index is 8.74. The second-order valence-electron chi connectivity index (χ2n) is 4.78. The fourth-order valence-electron chi connectivity index (χ4n) is 2.14. The fraction of sp³-hybridized carbons (Fsp3) is 0.750. The third-order valence-electron chi connectivity index (χ3n) is 3.18. The van der Waals surface area contributed by atoms with Crippen LogP contribution in [0, 0.1) is 17.5 Å². The van der Waals surface area contributed by atoms with E-state index in [0.29, 0.717) is 6.61 Å². The van der Waals surface area contributed by atoms with Crippen molar-refractivity contribution in [2.75, 3.05) is 6.61 Å². The Hall–Kier alpha value is -0.143. The molecule has 0 radical (unpaired) electrons. The van der Waals surface area contributed by atoms with E-state index in [4.69, 9.17) is 20.4 Å². The minimum atomic E-state index is -1.50. The van der Waals surface area contributed by atoms with Gasteiger partial charge in [-0.1, -0.05) is 43.3 Å². The molecule has 0 aromatic carbocycles. The van der Waals surface area contributed by atoms with Crippen LogP contribution in [0.4, 0.5) is 0 Å². The molecule has 0 atom stereocenters. The Morgan fingerprint density at radius 3 is 2.05 bits per heavy atom. The molecule has 5 nitrogen and oxygen atoms in total. The smallest absolute Gasteiger partial charge is 0.396 e. The predicted octanol–water partition coefficient (Wildman–Crippen LogP) is 3.29. The summed E-state index contributed by atoms with van der Waals surface area (Å²) in [5.74, 6) is 0. The van der Waals surface area contributed by atoms with Crippen molar-refractivity contribution in [2.24, 2.45) is 0 Å². The number of aliphatic hydroxyl groups excluding tert-OH is 1. The Morgan fingerprint density at radius 1 is 1.26 bits per heavy atom. The monoisotopic (exact) mass is 383 g/mol. The summed E-state index contributed by atoms with van der Waals surface area (Å²) in [5.41, 5.74) is 0. The first kappa shape index (κ1) is 23.9. The normalized spacial score (nSPS) is 15.9. The molecule has 0 spiro atoms. The van der Waals surface area contributed by atoms with E-state index in [-0.39, 0.29) is 29.8 Å². The summed E-state index contributed by atoms with van der Waals surface area (Å²) >= 11 is 0. The maximum atomic E-state index is 8.74. The van der Waals surface area contributed by atoms with Gasteiger partial charge in [0.2, 0.25) is 0 Å². The first-order valence-electron chi connectivity index (χ1n) is 6.09. The van der Waals surface area contributed by atoms with Crippen molar-refractivity contribution >= 4 is 8.07 Å². The summed E-state index contributed by atoms with van der Waals surface area (Å²) in [4.78, 5) is 8.36. The number of nitrogens with zero attached hydrogens (tertiary/aromatic N) is 1. The van der Waals surface area contributed by atoms with Crippen molar-refractivity contribution in [1.29, 1.82) is 0 Å². The Kier molecular flexibility index (Phi) is 18.0. The molecule has 0 saturated heterocycles. The largest absolute Gasteiger partial charge is 1.00 e. The number of rotatable bonds is 4. The van der Waals surface area contributed by atoms with E-state index in [0.717, 1.165) is 6.42 Å². The molecule has 7 heteroatoms. The van der Waals surface area contributed by atoms with Crippen LogP contribution in [0.1, 0.15) is 25.7 Å². The Balaban J connectivity index is -0.000000379. The van der Waals surface area contributed by atoms with Gasteiger partial charge in [0, 0.05) is 6.61 Å². The van der Waals surface area contributed by atoms with Crippen molar-refractivity contribution in [3.05, 3.63) is 29.7 Å². The van der Waals surface area contributed by atoms with Crippen molar-refractivity contribution in [3.63, 3.8) is 0 Å². The molecule has 1 aliphatic rings. The van der Waals surface area contributed by atoms with E-state index in [1.165, 1.54) is 37.4 Å². The van der Waals surface area contributed by atoms with E-state index < -0.39 is 13.2 Å². The second kappa shape index (κ2) is 14.3. The van der Waals surface area contributed by atoms with E-state index >= 15 is 0 Å². The van der Waals surface area contributed by atoms with Crippen molar-refractivity contribution in [2.45, 2.75) is 50.4 Å². The Bertz CT molecular complexity index is 238. The van der Waals surface area contributed by atoms with E-state index in [9.17, 15) is 0 Å². The van der Waals surface area contributed by atoms with Crippen LogP contribution in [0.2, 0.25) is 24.7 Å².